The van der Waals surface area contributed by atoms with E-state index in [2.05, 4.69) is 45.7 Å². The fourth-order valence-electron chi connectivity index (χ4n) is 2.82. The molecule has 2 N–H and O–H groups in total. The van der Waals surface area contributed by atoms with Crippen LogP contribution in [0, 0.1) is 32.1 Å². The SMILES string of the molecule is Cc1cc(C)c(Nc2nc(Nc3ccccc3C#N)ncc2Cl)c(C)c1. The van der Waals surface area contributed by atoms with E-state index in [9.17, 15) is 5.26 Å². The molecule has 0 spiro atoms. The Labute approximate surface area is 157 Å². The van der Waals surface area contributed by atoms with Gasteiger partial charge in [0, 0.05) is 5.69 Å². The third-order valence-electron chi connectivity index (χ3n) is 3.96. The van der Waals surface area contributed by atoms with Crippen LogP contribution >= 0.6 is 11.6 Å². The average Bonchev–Trinajstić information content (AvgIpc) is 2.61. The van der Waals surface area contributed by atoms with E-state index < -0.39 is 0 Å². The minimum Gasteiger partial charge on any atom is -0.338 e. The van der Waals surface area contributed by atoms with Gasteiger partial charge in [-0.2, -0.15) is 10.2 Å². The van der Waals surface area contributed by atoms with Crippen LogP contribution in [0.15, 0.2) is 42.6 Å². The lowest BCUT2D eigenvalue weighted by Crippen LogP contribution is -2.04. The first-order valence-electron chi connectivity index (χ1n) is 8.11. The maximum absolute atomic E-state index is 9.21. The Morgan fingerprint density at radius 1 is 1.04 bits per heavy atom. The van der Waals surface area contributed by atoms with Crippen molar-refractivity contribution < 1.29 is 0 Å². The number of hydrogen-bond donors (Lipinski definition) is 2. The van der Waals surface area contributed by atoms with Gasteiger partial charge in [0.05, 0.1) is 17.4 Å². The molecule has 3 aromatic rings. The summed E-state index contributed by atoms with van der Waals surface area (Å²) in [4.78, 5) is 8.67. The topological polar surface area (TPSA) is 73.6 Å². The highest BCUT2D eigenvalue weighted by atomic mass is 35.5. The van der Waals surface area contributed by atoms with Crippen LogP contribution in [0.3, 0.4) is 0 Å². The lowest BCUT2D eigenvalue weighted by Gasteiger charge is -2.15. The molecule has 3 rings (SSSR count). The van der Waals surface area contributed by atoms with Gasteiger partial charge in [-0.25, -0.2) is 4.98 Å². The Hall–Kier alpha value is -3.10. The van der Waals surface area contributed by atoms with Crippen molar-refractivity contribution in [3.8, 4) is 6.07 Å². The molecule has 0 aliphatic carbocycles. The van der Waals surface area contributed by atoms with Gasteiger partial charge < -0.3 is 10.6 Å². The second-order valence-corrected chi connectivity index (χ2v) is 6.48. The maximum Gasteiger partial charge on any atom is 0.229 e. The van der Waals surface area contributed by atoms with Gasteiger partial charge >= 0.3 is 0 Å². The molecule has 2 aromatic carbocycles. The molecule has 0 radical (unpaired) electrons. The highest BCUT2D eigenvalue weighted by Gasteiger charge is 2.11. The van der Waals surface area contributed by atoms with Crippen LogP contribution in [0.1, 0.15) is 22.3 Å². The molecule has 0 saturated heterocycles. The quantitative estimate of drug-likeness (QED) is 0.647. The fraction of sp³-hybridized carbons (Fsp3) is 0.150. The largest absolute Gasteiger partial charge is 0.338 e. The molecule has 0 amide bonds. The molecule has 0 aliphatic rings. The van der Waals surface area contributed by atoms with Crippen molar-refractivity contribution >= 4 is 34.7 Å². The van der Waals surface area contributed by atoms with Crippen molar-refractivity contribution in [1.29, 1.82) is 5.26 Å². The van der Waals surface area contributed by atoms with Crippen LogP contribution in [0.2, 0.25) is 5.02 Å². The third kappa shape index (κ3) is 3.76. The van der Waals surface area contributed by atoms with E-state index in [0.29, 0.717) is 28.0 Å². The van der Waals surface area contributed by atoms with Gasteiger partial charge in [-0.3, -0.25) is 0 Å². The van der Waals surface area contributed by atoms with E-state index in [1.165, 1.54) is 11.8 Å². The van der Waals surface area contributed by atoms with Crippen molar-refractivity contribution in [2.45, 2.75) is 20.8 Å². The Morgan fingerprint density at radius 2 is 1.73 bits per heavy atom. The molecule has 0 unspecified atom stereocenters. The number of hydrogen-bond acceptors (Lipinski definition) is 5. The Morgan fingerprint density at radius 3 is 2.42 bits per heavy atom. The standard InChI is InChI=1S/C20H18ClN5/c1-12-8-13(2)18(14(3)9-12)25-19-16(21)11-23-20(26-19)24-17-7-5-4-6-15(17)10-22/h4-9,11H,1-3H3,(H2,23,24,25,26). The van der Waals surface area contributed by atoms with E-state index in [1.807, 2.05) is 26.0 Å². The molecule has 0 atom stereocenters. The summed E-state index contributed by atoms with van der Waals surface area (Å²) in [5.41, 5.74) is 5.56. The molecule has 5 nitrogen and oxygen atoms in total. The lowest BCUT2D eigenvalue weighted by atomic mass is 10.1. The summed E-state index contributed by atoms with van der Waals surface area (Å²) < 4.78 is 0. The summed E-state index contributed by atoms with van der Waals surface area (Å²) in [6, 6.07) is 13.5. The number of para-hydroxylation sites is 1. The number of nitriles is 1. The number of nitrogens with one attached hydrogen (secondary N) is 2. The predicted molar refractivity (Wildman–Crippen MR) is 105 cm³/mol. The number of halogens is 1. The zero-order valence-electron chi connectivity index (χ0n) is 14.8. The van der Waals surface area contributed by atoms with Gasteiger partial charge in [-0.1, -0.05) is 41.4 Å². The minimum atomic E-state index is 0.363. The third-order valence-corrected chi connectivity index (χ3v) is 4.24. The number of nitrogens with zero attached hydrogens (tertiary/aromatic N) is 3. The average molecular weight is 364 g/mol. The van der Waals surface area contributed by atoms with Crippen molar-refractivity contribution in [3.05, 3.63) is 69.9 Å². The molecule has 1 aromatic heterocycles. The second-order valence-electron chi connectivity index (χ2n) is 6.07. The van der Waals surface area contributed by atoms with Crippen LogP contribution in [-0.2, 0) is 0 Å². The number of rotatable bonds is 4. The van der Waals surface area contributed by atoms with Crippen LogP contribution < -0.4 is 10.6 Å². The van der Waals surface area contributed by atoms with Crippen molar-refractivity contribution in [2.24, 2.45) is 0 Å². The van der Waals surface area contributed by atoms with Gasteiger partial charge in [0.1, 0.15) is 11.1 Å². The summed E-state index contributed by atoms with van der Waals surface area (Å²) in [6.45, 7) is 6.15. The fourth-order valence-corrected chi connectivity index (χ4v) is 2.96. The van der Waals surface area contributed by atoms with E-state index in [1.54, 1.807) is 12.1 Å². The number of anilines is 4. The maximum atomic E-state index is 9.21. The lowest BCUT2D eigenvalue weighted by molar-refractivity contribution is 1.16. The first-order chi connectivity index (χ1) is 12.5. The molecule has 0 fully saturated rings. The zero-order valence-corrected chi connectivity index (χ0v) is 15.5. The monoisotopic (exact) mass is 363 g/mol. The molecule has 26 heavy (non-hydrogen) atoms. The molecule has 1 heterocycles. The smallest absolute Gasteiger partial charge is 0.229 e. The van der Waals surface area contributed by atoms with Gasteiger partial charge in [0.15, 0.2) is 5.82 Å². The van der Waals surface area contributed by atoms with E-state index in [4.69, 9.17) is 11.6 Å². The molecule has 0 saturated carbocycles. The first kappa shape index (κ1) is 17.7. The van der Waals surface area contributed by atoms with Crippen molar-refractivity contribution in [2.75, 3.05) is 10.6 Å². The molecular formula is C20H18ClN5. The van der Waals surface area contributed by atoms with E-state index >= 15 is 0 Å². The van der Waals surface area contributed by atoms with Gasteiger partial charge in [0.25, 0.3) is 0 Å². The van der Waals surface area contributed by atoms with Crippen LogP contribution in [-0.4, -0.2) is 9.97 Å². The Balaban J connectivity index is 1.93. The summed E-state index contributed by atoms with van der Waals surface area (Å²) >= 11 is 6.28. The van der Waals surface area contributed by atoms with E-state index in [-0.39, 0.29) is 0 Å². The summed E-state index contributed by atoms with van der Waals surface area (Å²) in [6.07, 6.45) is 1.53. The van der Waals surface area contributed by atoms with Crippen molar-refractivity contribution in [3.63, 3.8) is 0 Å². The number of aromatic nitrogens is 2. The number of benzene rings is 2. The van der Waals surface area contributed by atoms with Gasteiger partial charge in [-0.15, -0.1) is 0 Å². The van der Waals surface area contributed by atoms with Crippen molar-refractivity contribution in [1.82, 2.24) is 9.97 Å². The van der Waals surface area contributed by atoms with Crippen LogP contribution in [0.25, 0.3) is 0 Å². The Kier molecular flexibility index (Phi) is 5.06. The minimum absolute atomic E-state index is 0.363. The van der Waals surface area contributed by atoms with E-state index in [0.717, 1.165) is 16.8 Å². The van der Waals surface area contributed by atoms with Crippen LogP contribution in [0.4, 0.5) is 23.1 Å². The predicted octanol–water partition coefficient (Wildman–Crippen LogP) is 5.41. The zero-order chi connectivity index (χ0) is 18.7. The van der Waals surface area contributed by atoms with Gasteiger partial charge in [0.2, 0.25) is 5.95 Å². The summed E-state index contributed by atoms with van der Waals surface area (Å²) in [5, 5.41) is 16.0. The highest BCUT2D eigenvalue weighted by molar-refractivity contribution is 6.32. The molecule has 6 heteroatoms. The first-order valence-corrected chi connectivity index (χ1v) is 8.49. The summed E-state index contributed by atoms with van der Waals surface area (Å²) in [7, 11) is 0. The Bertz CT molecular complexity index is 984. The normalized spacial score (nSPS) is 10.3. The molecule has 0 bridgehead atoms. The highest BCUT2D eigenvalue weighted by Crippen LogP contribution is 2.29. The molecule has 130 valence electrons. The van der Waals surface area contributed by atoms with Crippen LogP contribution in [0.5, 0.6) is 0 Å². The number of aryl methyl sites for hydroxylation is 3. The van der Waals surface area contributed by atoms with Gasteiger partial charge in [-0.05, 0) is 44.0 Å². The second kappa shape index (κ2) is 7.42. The summed E-state index contributed by atoms with van der Waals surface area (Å²) in [5.74, 6) is 0.871. The molecule has 0 aliphatic heterocycles. The molecular weight excluding hydrogens is 346 g/mol.